The second-order valence-corrected chi connectivity index (χ2v) is 5.10. The molecule has 4 heteroatoms. The Morgan fingerprint density at radius 2 is 1.73 bits per heavy atom. The number of hydrogen-bond acceptors (Lipinski definition) is 2. The molecule has 1 amide bonds. The predicted octanol–water partition coefficient (Wildman–Crippen LogP) is 1.65. The maximum Gasteiger partial charge on any atom is 0.325 e. The topological polar surface area (TPSA) is 66.4 Å². The highest BCUT2D eigenvalue weighted by Gasteiger charge is 2.23. The highest BCUT2D eigenvalue weighted by Crippen LogP contribution is 2.27. The highest BCUT2D eigenvalue weighted by atomic mass is 16.4. The molecule has 0 aliphatic carbocycles. The first kappa shape index (κ1) is 13.9. The van der Waals surface area contributed by atoms with E-state index in [9.17, 15) is 9.59 Å². The maximum atomic E-state index is 11.4. The normalized spacial score (nSPS) is 15.5. The number of carbonyl (C=O) groups is 2. The van der Waals surface area contributed by atoms with E-state index in [2.05, 4.69) is 26.1 Å². The lowest BCUT2D eigenvalue weighted by molar-refractivity contribution is -0.141. The monoisotopic (exact) mass is 215 g/mol. The fraction of sp³-hybridized carbons (Fsp3) is 0.818. The molecule has 88 valence electrons. The molecule has 0 rings (SSSR count). The molecule has 0 aliphatic heterocycles. The Kier molecular flexibility index (Phi) is 4.78. The van der Waals surface area contributed by atoms with E-state index in [4.69, 9.17) is 5.11 Å². The van der Waals surface area contributed by atoms with Crippen molar-refractivity contribution >= 4 is 11.9 Å². The first-order chi connectivity index (χ1) is 6.64. The van der Waals surface area contributed by atoms with Gasteiger partial charge >= 0.3 is 5.97 Å². The van der Waals surface area contributed by atoms with Gasteiger partial charge in [-0.3, -0.25) is 9.59 Å². The number of carboxylic acid groups (broad SMARTS) is 1. The maximum absolute atomic E-state index is 11.4. The van der Waals surface area contributed by atoms with Gasteiger partial charge < -0.3 is 10.4 Å². The summed E-state index contributed by atoms with van der Waals surface area (Å²) in [6.45, 7) is 9.63. The molecule has 0 aromatic rings. The van der Waals surface area contributed by atoms with Gasteiger partial charge in [0.1, 0.15) is 6.04 Å². The molecule has 4 nitrogen and oxygen atoms in total. The molecular weight excluding hydrogens is 194 g/mol. The van der Waals surface area contributed by atoms with Crippen LogP contribution in [0.25, 0.3) is 0 Å². The molecule has 0 saturated carbocycles. The Morgan fingerprint density at radius 1 is 1.27 bits per heavy atom. The van der Waals surface area contributed by atoms with Crippen molar-refractivity contribution in [3.8, 4) is 0 Å². The van der Waals surface area contributed by atoms with Crippen molar-refractivity contribution in [3.05, 3.63) is 0 Å². The number of nitrogens with one attached hydrogen (secondary N) is 1. The molecule has 0 aromatic carbocycles. The second kappa shape index (κ2) is 5.14. The highest BCUT2D eigenvalue weighted by molar-refractivity contribution is 5.83. The van der Waals surface area contributed by atoms with Crippen molar-refractivity contribution in [2.75, 3.05) is 0 Å². The lowest BCUT2D eigenvalue weighted by atomic mass is 9.80. The van der Waals surface area contributed by atoms with Crippen LogP contribution < -0.4 is 5.32 Å². The Morgan fingerprint density at radius 3 is 2.07 bits per heavy atom. The van der Waals surface area contributed by atoms with Gasteiger partial charge in [-0.05, 0) is 18.3 Å². The van der Waals surface area contributed by atoms with Gasteiger partial charge in [-0.25, -0.2) is 0 Å². The van der Waals surface area contributed by atoms with E-state index in [1.54, 1.807) is 0 Å². The number of rotatable bonds is 4. The standard InChI is InChI=1S/C11H21NO3/c1-7(11(3,4)5)6-9(13)12-8(2)10(14)15/h7-8H,6H2,1-5H3,(H,12,13)(H,14,15). The van der Waals surface area contributed by atoms with Crippen molar-refractivity contribution in [2.24, 2.45) is 11.3 Å². The van der Waals surface area contributed by atoms with Crippen molar-refractivity contribution in [3.63, 3.8) is 0 Å². The molecule has 2 N–H and O–H groups in total. The first-order valence-electron chi connectivity index (χ1n) is 5.16. The third-order valence-electron chi connectivity index (χ3n) is 2.72. The zero-order valence-corrected chi connectivity index (χ0v) is 10.1. The summed E-state index contributed by atoms with van der Waals surface area (Å²) in [4.78, 5) is 21.9. The zero-order chi connectivity index (χ0) is 12.2. The van der Waals surface area contributed by atoms with Crippen LogP contribution in [0.3, 0.4) is 0 Å². The fourth-order valence-electron chi connectivity index (χ4n) is 0.946. The molecular formula is C11H21NO3. The quantitative estimate of drug-likeness (QED) is 0.749. The van der Waals surface area contributed by atoms with Crippen LogP contribution in [0.4, 0.5) is 0 Å². The minimum absolute atomic E-state index is 0.0593. The number of amides is 1. The van der Waals surface area contributed by atoms with Gasteiger partial charge in [0.25, 0.3) is 0 Å². The average molecular weight is 215 g/mol. The Balaban J connectivity index is 4.11. The van der Waals surface area contributed by atoms with Crippen molar-refractivity contribution in [1.82, 2.24) is 5.32 Å². The molecule has 0 fully saturated rings. The van der Waals surface area contributed by atoms with Crippen molar-refractivity contribution < 1.29 is 14.7 Å². The van der Waals surface area contributed by atoms with Crippen LogP contribution >= 0.6 is 0 Å². The minimum atomic E-state index is -1.01. The van der Waals surface area contributed by atoms with Crippen LogP contribution in [-0.2, 0) is 9.59 Å². The molecule has 2 unspecified atom stereocenters. The molecule has 0 heterocycles. The minimum Gasteiger partial charge on any atom is -0.480 e. The van der Waals surface area contributed by atoms with Gasteiger partial charge in [-0.1, -0.05) is 27.7 Å². The van der Waals surface area contributed by atoms with E-state index in [0.717, 1.165) is 0 Å². The Labute approximate surface area is 91.1 Å². The van der Waals surface area contributed by atoms with Gasteiger partial charge in [-0.15, -0.1) is 0 Å². The smallest absolute Gasteiger partial charge is 0.325 e. The summed E-state index contributed by atoms with van der Waals surface area (Å²) in [5, 5.41) is 11.1. The largest absolute Gasteiger partial charge is 0.480 e. The predicted molar refractivity (Wildman–Crippen MR) is 58.5 cm³/mol. The third-order valence-corrected chi connectivity index (χ3v) is 2.72. The van der Waals surface area contributed by atoms with Gasteiger partial charge in [0, 0.05) is 6.42 Å². The summed E-state index contributed by atoms with van der Waals surface area (Å²) in [6.07, 6.45) is 0.362. The second-order valence-electron chi connectivity index (χ2n) is 5.10. The van der Waals surface area contributed by atoms with E-state index >= 15 is 0 Å². The van der Waals surface area contributed by atoms with Crippen LogP contribution in [0.2, 0.25) is 0 Å². The van der Waals surface area contributed by atoms with Crippen LogP contribution in [0.1, 0.15) is 41.0 Å². The van der Waals surface area contributed by atoms with Gasteiger partial charge in [0.2, 0.25) is 5.91 Å². The summed E-state index contributed by atoms with van der Waals surface area (Å²) >= 11 is 0. The summed E-state index contributed by atoms with van der Waals surface area (Å²) < 4.78 is 0. The van der Waals surface area contributed by atoms with Crippen LogP contribution in [0, 0.1) is 11.3 Å². The first-order valence-corrected chi connectivity index (χ1v) is 5.16. The van der Waals surface area contributed by atoms with Crippen LogP contribution in [-0.4, -0.2) is 23.0 Å². The number of hydrogen-bond donors (Lipinski definition) is 2. The molecule has 15 heavy (non-hydrogen) atoms. The lowest BCUT2D eigenvalue weighted by Gasteiger charge is -2.26. The Bertz CT molecular complexity index is 243. The number of carboxylic acids is 1. The van der Waals surface area contributed by atoms with Crippen molar-refractivity contribution in [1.29, 1.82) is 0 Å². The van der Waals surface area contributed by atoms with Gasteiger partial charge in [-0.2, -0.15) is 0 Å². The van der Waals surface area contributed by atoms with Gasteiger partial charge in [0.05, 0.1) is 0 Å². The molecule has 0 saturated heterocycles. The fourth-order valence-corrected chi connectivity index (χ4v) is 0.946. The molecule has 0 aromatic heterocycles. The molecule has 0 radical (unpaired) electrons. The van der Waals surface area contributed by atoms with E-state index in [-0.39, 0.29) is 17.2 Å². The Hall–Kier alpha value is -1.06. The molecule has 2 atom stereocenters. The van der Waals surface area contributed by atoms with Crippen LogP contribution in [0.5, 0.6) is 0 Å². The third kappa shape index (κ3) is 5.40. The van der Waals surface area contributed by atoms with Crippen LogP contribution in [0.15, 0.2) is 0 Å². The molecule has 0 spiro atoms. The summed E-state index contributed by atoms with van der Waals surface area (Å²) in [6, 6.07) is -0.815. The van der Waals surface area contributed by atoms with E-state index < -0.39 is 12.0 Å². The summed E-state index contributed by atoms with van der Waals surface area (Å²) in [5.41, 5.74) is 0.0593. The number of aliphatic carboxylic acids is 1. The molecule has 0 bridgehead atoms. The van der Waals surface area contributed by atoms with E-state index in [1.807, 2.05) is 6.92 Å². The lowest BCUT2D eigenvalue weighted by Crippen LogP contribution is -2.39. The number of carbonyl (C=O) groups excluding carboxylic acids is 1. The molecule has 0 aliphatic rings. The van der Waals surface area contributed by atoms with E-state index in [0.29, 0.717) is 6.42 Å². The van der Waals surface area contributed by atoms with E-state index in [1.165, 1.54) is 6.92 Å². The zero-order valence-electron chi connectivity index (χ0n) is 10.1. The van der Waals surface area contributed by atoms with Gasteiger partial charge in [0.15, 0.2) is 0 Å². The summed E-state index contributed by atoms with van der Waals surface area (Å²) in [5.74, 6) is -0.988. The summed E-state index contributed by atoms with van der Waals surface area (Å²) in [7, 11) is 0. The van der Waals surface area contributed by atoms with Crippen molar-refractivity contribution in [2.45, 2.75) is 47.1 Å². The average Bonchev–Trinajstić information content (AvgIpc) is 2.01. The SMILES string of the molecule is CC(NC(=O)CC(C)C(C)(C)C)C(=O)O.